The van der Waals surface area contributed by atoms with Gasteiger partial charge in [0.25, 0.3) is 5.56 Å². The van der Waals surface area contributed by atoms with Crippen molar-refractivity contribution in [2.45, 2.75) is 63.7 Å². The Morgan fingerprint density at radius 3 is 2.75 bits per heavy atom. The Kier molecular flexibility index (Phi) is 5.86. The Labute approximate surface area is 188 Å². The third-order valence-corrected chi connectivity index (χ3v) is 7.62. The molecule has 32 heavy (non-hydrogen) atoms. The van der Waals surface area contributed by atoms with E-state index in [1.54, 1.807) is 12.4 Å². The van der Waals surface area contributed by atoms with Gasteiger partial charge in [-0.25, -0.2) is 0 Å². The third-order valence-electron chi connectivity index (χ3n) is 7.62. The summed E-state index contributed by atoms with van der Waals surface area (Å²) >= 11 is 0. The van der Waals surface area contributed by atoms with Crippen LogP contribution >= 0.6 is 0 Å². The molecule has 2 N–H and O–H groups in total. The predicted molar refractivity (Wildman–Crippen MR) is 122 cm³/mol. The summed E-state index contributed by atoms with van der Waals surface area (Å²) in [5.41, 5.74) is 2.38. The van der Waals surface area contributed by atoms with E-state index in [2.05, 4.69) is 22.1 Å². The van der Waals surface area contributed by atoms with Gasteiger partial charge < -0.3 is 15.0 Å². The van der Waals surface area contributed by atoms with E-state index in [1.807, 2.05) is 28.8 Å². The van der Waals surface area contributed by atoms with E-state index in [0.29, 0.717) is 12.1 Å². The number of hydrogen-bond acceptors (Lipinski definition) is 5. The quantitative estimate of drug-likeness (QED) is 0.726. The highest BCUT2D eigenvalue weighted by molar-refractivity contribution is 5.83. The van der Waals surface area contributed by atoms with Gasteiger partial charge in [-0.05, 0) is 44.0 Å². The first-order valence-electron chi connectivity index (χ1n) is 11.9. The molecule has 2 aromatic rings. The van der Waals surface area contributed by atoms with Crippen molar-refractivity contribution < 1.29 is 9.90 Å². The Balaban J connectivity index is 1.50. The maximum Gasteiger partial charge on any atom is 0.258 e. The number of aromatic nitrogens is 2. The summed E-state index contributed by atoms with van der Waals surface area (Å²) in [5.74, 6) is -0.100. The van der Waals surface area contributed by atoms with Crippen LogP contribution in [0.3, 0.4) is 0 Å². The molecule has 2 fully saturated rings. The number of aliphatic hydroxyl groups excluding tert-OH is 1. The molecular formula is C25H32N4O3. The van der Waals surface area contributed by atoms with Crippen molar-refractivity contribution in [3.05, 3.63) is 52.7 Å². The largest absolute Gasteiger partial charge is 0.396 e. The molecule has 0 spiro atoms. The number of pyridine rings is 2. The van der Waals surface area contributed by atoms with Gasteiger partial charge in [-0.3, -0.25) is 19.5 Å². The molecule has 0 radical (unpaired) electrons. The number of carbonyl (C=O) groups excluding carboxylic acids is 1. The van der Waals surface area contributed by atoms with E-state index in [9.17, 15) is 14.7 Å². The second-order valence-electron chi connectivity index (χ2n) is 9.46. The van der Waals surface area contributed by atoms with Gasteiger partial charge in [0, 0.05) is 60.2 Å². The van der Waals surface area contributed by atoms with Crippen LogP contribution in [0, 0.1) is 11.8 Å². The topological polar surface area (TPSA) is 87.5 Å². The van der Waals surface area contributed by atoms with Crippen LogP contribution < -0.4 is 10.9 Å². The first-order chi connectivity index (χ1) is 15.6. The van der Waals surface area contributed by atoms with Gasteiger partial charge in [-0.1, -0.05) is 25.8 Å². The average molecular weight is 437 g/mol. The molecule has 2 aliphatic heterocycles. The molecule has 1 amide bonds. The highest BCUT2D eigenvalue weighted by Gasteiger charge is 2.55. The summed E-state index contributed by atoms with van der Waals surface area (Å²) in [5, 5.41) is 13.6. The highest BCUT2D eigenvalue weighted by atomic mass is 16.3. The summed E-state index contributed by atoms with van der Waals surface area (Å²) in [7, 11) is 0. The van der Waals surface area contributed by atoms with Gasteiger partial charge in [-0.2, -0.15) is 0 Å². The van der Waals surface area contributed by atoms with E-state index in [-0.39, 0.29) is 48.0 Å². The number of nitrogens with zero attached hydrogens (tertiary/aromatic N) is 3. The maximum absolute atomic E-state index is 13.4. The molecular weight excluding hydrogens is 404 g/mol. The van der Waals surface area contributed by atoms with Gasteiger partial charge in [-0.15, -0.1) is 0 Å². The van der Waals surface area contributed by atoms with Crippen molar-refractivity contribution in [2.75, 3.05) is 13.2 Å². The summed E-state index contributed by atoms with van der Waals surface area (Å²) < 4.78 is 1.86. The fourth-order valence-corrected chi connectivity index (χ4v) is 6.22. The van der Waals surface area contributed by atoms with Gasteiger partial charge in [0.05, 0.1) is 12.1 Å². The molecule has 0 unspecified atom stereocenters. The molecule has 4 atom stereocenters. The zero-order chi connectivity index (χ0) is 22.2. The fraction of sp³-hybridized carbons (Fsp3) is 0.560. The number of nitrogens with one attached hydrogen (secondary N) is 1. The van der Waals surface area contributed by atoms with Crippen LogP contribution in [0.25, 0.3) is 11.1 Å². The van der Waals surface area contributed by atoms with Crippen molar-refractivity contribution >= 4 is 5.91 Å². The number of amides is 1. The standard InChI is InChI=1S/C25H32N4O3/c1-2-12-28-22-19(20(15-30)23(28)24(31)27-17-7-3-4-8-17)14-29-21(22)10-9-18(25(29)32)16-6-5-11-26-13-16/h5-6,9-11,13,17,19-20,22-23,30H,2-4,7-8,12,14-15H2,1H3,(H,27,31)/t19-,20-,22+,23-/m1/s1. The number of aliphatic hydroxyl groups is 1. The number of carbonyl (C=O) groups is 1. The van der Waals surface area contributed by atoms with Crippen LogP contribution in [0.4, 0.5) is 0 Å². The Bertz CT molecular complexity index is 1030. The average Bonchev–Trinajstić information content (AvgIpc) is 3.51. The highest BCUT2D eigenvalue weighted by Crippen LogP contribution is 2.49. The van der Waals surface area contributed by atoms with E-state index in [1.165, 1.54) is 12.8 Å². The number of likely N-dealkylation sites (tertiary alicyclic amines) is 1. The van der Waals surface area contributed by atoms with E-state index in [0.717, 1.165) is 37.1 Å². The van der Waals surface area contributed by atoms with Gasteiger partial charge in [0.1, 0.15) is 0 Å². The van der Waals surface area contributed by atoms with Crippen LogP contribution in [0.15, 0.2) is 41.5 Å². The second kappa shape index (κ2) is 8.79. The van der Waals surface area contributed by atoms with Gasteiger partial charge in [0.2, 0.25) is 5.91 Å². The zero-order valence-electron chi connectivity index (χ0n) is 18.6. The van der Waals surface area contributed by atoms with Crippen LogP contribution in [0.2, 0.25) is 0 Å². The molecule has 7 nitrogen and oxygen atoms in total. The number of rotatable bonds is 6. The monoisotopic (exact) mass is 436 g/mol. The zero-order valence-corrected chi connectivity index (χ0v) is 18.6. The van der Waals surface area contributed by atoms with Gasteiger partial charge in [0.15, 0.2) is 0 Å². The van der Waals surface area contributed by atoms with E-state index >= 15 is 0 Å². The lowest BCUT2D eigenvalue weighted by molar-refractivity contribution is -0.128. The summed E-state index contributed by atoms with van der Waals surface area (Å²) in [6.07, 6.45) is 8.73. The second-order valence-corrected chi connectivity index (χ2v) is 9.46. The summed E-state index contributed by atoms with van der Waals surface area (Å²) in [6.45, 7) is 3.35. The molecule has 3 aliphatic rings. The minimum absolute atomic E-state index is 0.0232. The van der Waals surface area contributed by atoms with Gasteiger partial charge >= 0.3 is 0 Å². The maximum atomic E-state index is 13.4. The van der Waals surface area contributed by atoms with Crippen molar-refractivity contribution in [3.8, 4) is 11.1 Å². The SMILES string of the molecule is CCCN1[C@@H]2c3ccc(-c4cccnc4)c(=O)n3C[C@@H]2[C@@H](CO)[C@@H]1C(=O)NC1CCCC1. The summed E-state index contributed by atoms with van der Waals surface area (Å²) in [6, 6.07) is 7.53. The Morgan fingerprint density at radius 2 is 2.06 bits per heavy atom. The minimum atomic E-state index is -0.350. The fourth-order valence-electron chi connectivity index (χ4n) is 6.22. The van der Waals surface area contributed by atoms with Crippen LogP contribution in [-0.4, -0.2) is 50.7 Å². The van der Waals surface area contributed by atoms with Crippen molar-refractivity contribution in [3.63, 3.8) is 0 Å². The Hall–Kier alpha value is -2.51. The molecule has 1 saturated carbocycles. The summed E-state index contributed by atoms with van der Waals surface area (Å²) in [4.78, 5) is 33.1. The Morgan fingerprint density at radius 1 is 1.25 bits per heavy atom. The lowest BCUT2D eigenvalue weighted by atomic mass is 9.88. The van der Waals surface area contributed by atoms with Crippen molar-refractivity contribution in [1.29, 1.82) is 0 Å². The molecule has 4 heterocycles. The van der Waals surface area contributed by atoms with E-state index < -0.39 is 0 Å². The number of fused-ring (bicyclic) bond motifs is 3. The van der Waals surface area contributed by atoms with Crippen LogP contribution in [0.5, 0.6) is 0 Å². The molecule has 0 bridgehead atoms. The van der Waals surface area contributed by atoms with Crippen molar-refractivity contribution in [2.24, 2.45) is 11.8 Å². The molecule has 7 heteroatoms. The molecule has 1 aliphatic carbocycles. The normalized spacial score (nSPS) is 27.4. The first-order valence-corrected chi connectivity index (χ1v) is 11.9. The first kappa shape index (κ1) is 21.3. The molecule has 1 saturated heterocycles. The predicted octanol–water partition coefficient (Wildman–Crippen LogP) is 2.34. The molecule has 5 rings (SSSR count). The smallest absolute Gasteiger partial charge is 0.258 e. The molecule has 170 valence electrons. The van der Waals surface area contributed by atoms with Crippen LogP contribution in [0.1, 0.15) is 50.8 Å². The van der Waals surface area contributed by atoms with E-state index in [4.69, 9.17) is 0 Å². The van der Waals surface area contributed by atoms with Crippen molar-refractivity contribution in [1.82, 2.24) is 19.8 Å². The van der Waals surface area contributed by atoms with Crippen LogP contribution in [-0.2, 0) is 11.3 Å². The number of hydrogen-bond donors (Lipinski definition) is 2. The lowest BCUT2D eigenvalue weighted by Crippen LogP contribution is -2.50. The molecule has 0 aromatic carbocycles. The minimum Gasteiger partial charge on any atom is -0.396 e. The third kappa shape index (κ3) is 3.48. The molecule has 2 aromatic heterocycles. The lowest BCUT2D eigenvalue weighted by Gasteiger charge is -2.31.